The Kier molecular flexibility index (Phi) is 6.31. The molecule has 1 saturated heterocycles. The van der Waals surface area contributed by atoms with Crippen LogP contribution in [0.25, 0.3) is 5.57 Å². The van der Waals surface area contributed by atoms with Gasteiger partial charge in [0.15, 0.2) is 6.10 Å². The maximum atomic E-state index is 12.8. The fourth-order valence-electron chi connectivity index (χ4n) is 3.41. The van der Waals surface area contributed by atoms with Gasteiger partial charge in [0.1, 0.15) is 17.9 Å². The van der Waals surface area contributed by atoms with E-state index in [4.69, 9.17) is 9.47 Å². The van der Waals surface area contributed by atoms with E-state index in [9.17, 15) is 4.79 Å². The summed E-state index contributed by atoms with van der Waals surface area (Å²) in [6, 6.07) is 18.8. The van der Waals surface area contributed by atoms with Gasteiger partial charge in [0, 0.05) is 19.2 Å². The number of β-lactam (4-membered cyclic amide) rings is 1. The third-order valence-corrected chi connectivity index (χ3v) is 4.76. The van der Waals surface area contributed by atoms with Gasteiger partial charge in [-0.05, 0) is 23.8 Å². The summed E-state index contributed by atoms with van der Waals surface area (Å²) in [7, 11) is 1.62. The lowest BCUT2D eigenvalue weighted by Crippen LogP contribution is -2.71. The van der Waals surface area contributed by atoms with Crippen molar-refractivity contribution in [2.75, 3.05) is 13.7 Å². The van der Waals surface area contributed by atoms with Crippen LogP contribution in [0.5, 0.6) is 5.75 Å². The molecule has 1 heterocycles. The number of methoxy groups -OCH3 is 1. The van der Waals surface area contributed by atoms with Crippen LogP contribution in [0.2, 0.25) is 0 Å². The van der Waals surface area contributed by atoms with Crippen LogP contribution in [0.1, 0.15) is 5.56 Å². The molecule has 0 bridgehead atoms. The molecule has 4 nitrogen and oxygen atoms in total. The molecule has 3 atom stereocenters. The average molecular weight is 373 g/mol. The van der Waals surface area contributed by atoms with E-state index in [1.54, 1.807) is 18.1 Å². The van der Waals surface area contributed by atoms with Crippen molar-refractivity contribution in [1.29, 1.82) is 0 Å². The molecule has 0 aromatic heterocycles. The largest absolute Gasteiger partial charge is 0.478 e. The number of amides is 1. The number of nitrogens with zero attached hydrogens (tertiary/aromatic N) is 1. The van der Waals surface area contributed by atoms with Gasteiger partial charge in [0.05, 0.1) is 0 Å². The van der Waals surface area contributed by atoms with E-state index >= 15 is 0 Å². The molecule has 2 aromatic carbocycles. The number of carbonyl (C=O) groups excluding carboxylic acids is 1. The molecular formula is C24H23NO3. The zero-order chi connectivity index (χ0) is 19.9. The van der Waals surface area contributed by atoms with Gasteiger partial charge in [-0.15, -0.1) is 11.5 Å². The van der Waals surface area contributed by atoms with Gasteiger partial charge in [-0.3, -0.25) is 4.79 Å². The summed E-state index contributed by atoms with van der Waals surface area (Å²) in [4.78, 5) is 14.5. The highest BCUT2D eigenvalue weighted by molar-refractivity contribution is 5.90. The molecule has 28 heavy (non-hydrogen) atoms. The minimum atomic E-state index is -0.655. The normalized spacial score (nSPS) is 19.0. The number of carbonyl (C=O) groups is 1. The van der Waals surface area contributed by atoms with Crippen molar-refractivity contribution in [1.82, 2.24) is 4.90 Å². The Morgan fingerprint density at radius 1 is 1.14 bits per heavy atom. The number of para-hydroxylation sites is 1. The zero-order valence-corrected chi connectivity index (χ0v) is 15.9. The van der Waals surface area contributed by atoms with E-state index in [2.05, 4.69) is 24.6 Å². The Balaban J connectivity index is 1.94. The van der Waals surface area contributed by atoms with Crippen LogP contribution < -0.4 is 4.74 Å². The second kappa shape index (κ2) is 9.07. The Morgan fingerprint density at radius 2 is 1.79 bits per heavy atom. The molecular weight excluding hydrogens is 350 g/mol. The lowest BCUT2D eigenvalue weighted by Gasteiger charge is -2.49. The zero-order valence-electron chi connectivity index (χ0n) is 15.9. The van der Waals surface area contributed by atoms with Gasteiger partial charge in [-0.1, -0.05) is 61.7 Å². The fraction of sp³-hybridized carbons (Fsp3) is 0.208. The molecule has 142 valence electrons. The van der Waals surface area contributed by atoms with Crippen LogP contribution in [-0.4, -0.2) is 42.7 Å². The van der Waals surface area contributed by atoms with Crippen molar-refractivity contribution < 1.29 is 14.3 Å². The van der Waals surface area contributed by atoms with E-state index in [1.165, 1.54) is 0 Å². The molecule has 1 fully saturated rings. The first-order valence-corrected chi connectivity index (χ1v) is 9.06. The predicted octanol–water partition coefficient (Wildman–Crippen LogP) is 3.87. The predicted molar refractivity (Wildman–Crippen MR) is 110 cm³/mol. The Morgan fingerprint density at radius 3 is 2.36 bits per heavy atom. The third kappa shape index (κ3) is 3.85. The third-order valence-electron chi connectivity index (χ3n) is 4.76. The Bertz CT molecular complexity index is 909. The van der Waals surface area contributed by atoms with Crippen LogP contribution in [0.4, 0.5) is 0 Å². The highest BCUT2D eigenvalue weighted by Gasteiger charge is 2.54. The summed E-state index contributed by atoms with van der Waals surface area (Å²) in [5.74, 6) is 0.544. The summed E-state index contributed by atoms with van der Waals surface area (Å²) >= 11 is 0. The van der Waals surface area contributed by atoms with Gasteiger partial charge in [0.2, 0.25) is 0 Å². The maximum absolute atomic E-state index is 12.8. The minimum absolute atomic E-state index is 0.0983. The van der Waals surface area contributed by atoms with Crippen molar-refractivity contribution in [3.8, 4) is 5.75 Å². The second-order valence-corrected chi connectivity index (χ2v) is 6.35. The molecule has 1 aliphatic heterocycles. The first-order chi connectivity index (χ1) is 13.7. The molecule has 0 unspecified atom stereocenters. The molecule has 0 aliphatic carbocycles. The summed E-state index contributed by atoms with van der Waals surface area (Å²) in [5.41, 5.74) is 7.46. The lowest BCUT2D eigenvalue weighted by molar-refractivity contribution is -0.169. The molecule has 1 aliphatic rings. The standard InChI is InChI=1S/C24H23NO3/c1-4-6-17-25-21(23(24(25)26)28-19-15-11-8-12-16-19)22(27-3)20(5-2)18-13-9-7-10-14-18/h6-16,21-23H,1-2,17H2,3H3/t21-,22+,23+/m0/s1. The highest BCUT2D eigenvalue weighted by Crippen LogP contribution is 2.34. The van der Waals surface area contributed by atoms with Crippen LogP contribution in [0, 0.1) is 0 Å². The van der Waals surface area contributed by atoms with Crippen molar-refractivity contribution in [3.63, 3.8) is 0 Å². The van der Waals surface area contributed by atoms with Crippen molar-refractivity contribution >= 4 is 11.5 Å². The summed E-state index contributed by atoms with van der Waals surface area (Å²) in [6.07, 6.45) is 0.623. The van der Waals surface area contributed by atoms with Crippen molar-refractivity contribution in [3.05, 3.63) is 96.9 Å². The van der Waals surface area contributed by atoms with Gasteiger partial charge < -0.3 is 14.4 Å². The van der Waals surface area contributed by atoms with Gasteiger partial charge in [-0.25, -0.2) is 0 Å². The maximum Gasteiger partial charge on any atom is 0.266 e. The topological polar surface area (TPSA) is 38.8 Å². The number of ether oxygens (including phenoxy) is 2. The molecule has 3 rings (SSSR count). The van der Waals surface area contributed by atoms with Gasteiger partial charge in [-0.2, -0.15) is 0 Å². The quantitative estimate of drug-likeness (QED) is 0.521. The molecule has 1 amide bonds. The van der Waals surface area contributed by atoms with Crippen molar-refractivity contribution in [2.24, 2.45) is 0 Å². The molecule has 0 spiro atoms. The molecule has 2 aromatic rings. The van der Waals surface area contributed by atoms with Crippen LogP contribution in [-0.2, 0) is 9.53 Å². The van der Waals surface area contributed by atoms with E-state index < -0.39 is 12.2 Å². The van der Waals surface area contributed by atoms with Crippen LogP contribution >= 0.6 is 0 Å². The molecule has 0 N–H and O–H groups in total. The minimum Gasteiger partial charge on any atom is -0.478 e. The number of hydrogen-bond donors (Lipinski definition) is 0. The summed E-state index contributed by atoms with van der Waals surface area (Å²) in [6.45, 7) is 7.82. The summed E-state index contributed by atoms with van der Waals surface area (Å²) in [5, 5.41) is 0. The number of likely N-dealkylation sites (tertiary alicyclic amines) is 1. The molecule has 0 saturated carbocycles. The van der Waals surface area contributed by atoms with E-state index in [0.717, 1.165) is 11.1 Å². The van der Waals surface area contributed by atoms with Crippen molar-refractivity contribution in [2.45, 2.75) is 18.2 Å². The van der Waals surface area contributed by atoms with E-state index in [0.29, 0.717) is 12.3 Å². The van der Waals surface area contributed by atoms with E-state index in [1.807, 2.05) is 60.7 Å². The fourth-order valence-corrected chi connectivity index (χ4v) is 3.41. The Hall–Kier alpha value is -3.29. The average Bonchev–Trinajstić information content (AvgIpc) is 2.75. The smallest absolute Gasteiger partial charge is 0.266 e. The SMILES string of the molecule is C=C=CCN1C(=O)[C@H](Oc2ccccc2)[C@@H]1[C@H](OC)C(=C=C)c1ccccc1. The van der Waals surface area contributed by atoms with Crippen LogP contribution in [0.3, 0.4) is 0 Å². The molecule has 4 heteroatoms. The first kappa shape index (κ1) is 19.5. The number of benzene rings is 2. The number of rotatable bonds is 8. The summed E-state index contributed by atoms with van der Waals surface area (Å²) < 4.78 is 11.8. The van der Waals surface area contributed by atoms with E-state index in [-0.39, 0.29) is 11.9 Å². The Labute approximate surface area is 165 Å². The first-order valence-electron chi connectivity index (χ1n) is 9.06. The monoisotopic (exact) mass is 373 g/mol. The highest BCUT2D eigenvalue weighted by atomic mass is 16.5. The lowest BCUT2D eigenvalue weighted by atomic mass is 9.85. The molecule has 0 radical (unpaired) electrons. The van der Waals surface area contributed by atoms with Gasteiger partial charge in [0.25, 0.3) is 5.91 Å². The second-order valence-electron chi connectivity index (χ2n) is 6.35. The number of hydrogen-bond acceptors (Lipinski definition) is 3. The van der Waals surface area contributed by atoms with Gasteiger partial charge >= 0.3 is 0 Å². The van der Waals surface area contributed by atoms with Crippen LogP contribution in [0.15, 0.2) is 91.4 Å².